The summed E-state index contributed by atoms with van der Waals surface area (Å²) in [6, 6.07) is 16.1. The van der Waals surface area contributed by atoms with Crippen LogP contribution in [0.3, 0.4) is 0 Å². The zero-order valence-corrected chi connectivity index (χ0v) is 41.3. The van der Waals surface area contributed by atoms with Crippen LogP contribution in [0.4, 0.5) is 19.0 Å². The molecule has 17 nitrogen and oxygen atoms in total. The number of fused-ring (bicyclic) bond motifs is 2. The van der Waals surface area contributed by atoms with Crippen LogP contribution in [0.5, 0.6) is 5.75 Å². The number of rotatable bonds is 21. The highest BCUT2D eigenvalue weighted by molar-refractivity contribution is 5.93. The Balaban J connectivity index is 0.000000671. The predicted molar refractivity (Wildman–Crippen MR) is 266 cm³/mol. The van der Waals surface area contributed by atoms with E-state index in [-0.39, 0.29) is 61.9 Å². The van der Waals surface area contributed by atoms with E-state index in [9.17, 15) is 32.3 Å². The first-order chi connectivity index (χ1) is 34.8. The van der Waals surface area contributed by atoms with Gasteiger partial charge in [-0.2, -0.15) is 0 Å². The number of benzene rings is 2. The van der Waals surface area contributed by atoms with Crippen molar-refractivity contribution in [2.24, 2.45) is 17.6 Å². The topological polar surface area (TPSA) is 207 Å². The van der Waals surface area contributed by atoms with E-state index in [1.54, 1.807) is 35.0 Å². The number of imidazole rings is 1. The molecule has 4 aliphatic rings. The number of halogens is 3. The van der Waals surface area contributed by atoms with Crippen molar-refractivity contribution in [3.8, 4) is 17.0 Å². The van der Waals surface area contributed by atoms with Crippen LogP contribution < -0.4 is 31.7 Å². The summed E-state index contributed by atoms with van der Waals surface area (Å²) in [7, 11) is 1.66. The number of likely N-dealkylation sites (N-methyl/N-ethyl adjacent to an activating group) is 1. The third-order valence-corrected chi connectivity index (χ3v) is 14.0. The lowest BCUT2D eigenvalue weighted by atomic mass is 9.83. The summed E-state index contributed by atoms with van der Waals surface area (Å²) in [4.78, 5) is 59.7. The van der Waals surface area contributed by atoms with E-state index in [1.807, 2.05) is 12.1 Å². The first-order valence-corrected chi connectivity index (χ1v) is 25.6. The molecule has 2 aromatic heterocycles. The van der Waals surface area contributed by atoms with Crippen molar-refractivity contribution in [1.29, 1.82) is 0 Å². The van der Waals surface area contributed by atoms with E-state index in [0.29, 0.717) is 48.5 Å². The van der Waals surface area contributed by atoms with Crippen molar-refractivity contribution in [1.82, 2.24) is 40.3 Å². The van der Waals surface area contributed by atoms with Gasteiger partial charge in [-0.1, -0.05) is 55.7 Å². The van der Waals surface area contributed by atoms with Crippen molar-refractivity contribution in [2.75, 3.05) is 78.1 Å². The van der Waals surface area contributed by atoms with Crippen molar-refractivity contribution in [3.63, 3.8) is 0 Å². The van der Waals surface area contributed by atoms with Crippen LogP contribution in [0, 0.1) is 11.8 Å². The molecule has 3 fully saturated rings. The van der Waals surface area contributed by atoms with Crippen molar-refractivity contribution in [2.45, 2.75) is 108 Å². The predicted octanol–water partition coefficient (Wildman–Crippen LogP) is 5.26. The molecule has 0 radical (unpaired) electrons. The molecule has 6 N–H and O–H groups in total. The molecule has 4 amide bonds. The van der Waals surface area contributed by atoms with Gasteiger partial charge in [-0.05, 0) is 125 Å². The van der Waals surface area contributed by atoms with E-state index in [0.717, 1.165) is 71.1 Å². The lowest BCUT2D eigenvalue weighted by Gasteiger charge is -2.34. The molecule has 3 atom stereocenters. The number of carbonyl (C=O) groups is 4. The molecule has 392 valence electrons. The second-order valence-electron chi connectivity index (χ2n) is 19.2. The van der Waals surface area contributed by atoms with Gasteiger partial charge in [0.15, 0.2) is 5.65 Å². The number of carbonyl (C=O) groups excluding carboxylic acids is 4. The summed E-state index contributed by atoms with van der Waals surface area (Å²) >= 11 is 0. The number of hydrogen-bond donors (Lipinski definition) is 5. The minimum absolute atomic E-state index is 0.0299. The van der Waals surface area contributed by atoms with E-state index in [1.165, 1.54) is 48.8 Å². The molecule has 72 heavy (non-hydrogen) atoms. The monoisotopic (exact) mass is 1000 g/mol. The second-order valence-corrected chi connectivity index (χ2v) is 19.2. The molecule has 1 saturated carbocycles. The van der Waals surface area contributed by atoms with Gasteiger partial charge < -0.3 is 51.0 Å². The van der Waals surface area contributed by atoms with Gasteiger partial charge in [0.05, 0.1) is 44.9 Å². The summed E-state index contributed by atoms with van der Waals surface area (Å²) < 4.78 is 55.4. The number of ether oxygens (including phenoxy) is 3. The quantitative estimate of drug-likeness (QED) is 0.0678. The molecule has 2 aliphatic heterocycles. The van der Waals surface area contributed by atoms with Crippen molar-refractivity contribution in [3.05, 3.63) is 78.0 Å². The maximum Gasteiger partial charge on any atom is 0.573 e. The Bertz CT molecular complexity index is 2370. The summed E-state index contributed by atoms with van der Waals surface area (Å²) in [6.45, 7) is 5.02. The van der Waals surface area contributed by atoms with Gasteiger partial charge in [0.2, 0.25) is 23.6 Å². The Morgan fingerprint density at radius 2 is 1.57 bits per heavy atom. The largest absolute Gasteiger partial charge is 0.573 e. The molecule has 3 unspecified atom stereocenters. The molecule has 2 aliphatic carbocycles. The number of alkyl halides is 3. The second kappa shape index (κ2) is 26.7. The number of hydrogen-bond acceptors (Lipinski definition) is 12. The Kier molecular flexibility index (Phi) is 20.0. The lowest BCUT2D eigenvalue weighted by Crippen LogP contribution is -2.56. The number of amides is 4. The summed E-state index contributed by atoms with van der Waals surface area (Å²) in [5, 5.41) is 16.7. The van der Waals surface area contributed by atoms with Gasteiger partial charge in [-0.3, -0.25) is 19.2 Å². The summed E-state index contributed by atoms with van der Waals surface area (Å²) in [6.07, 6.45) is 9.10. The Hall–Kier alpha value is -5.83. The number of primary amides is 1. The maximum absolute atomic E-state index is 13.8. The average Bonchev–Trinajstić information content (AvgIpc) is 4.01. The van der Waals surface area contributed by atoms with Gasteiger partial charge in [0.25, 0.3) is 0 Å². The minimum atomic E-state index is -4.79. The van der Waals surface area contributed by atoms with Crippen LogP contribution in [-0.2, 0) is 41.5 Å². The fourth-order valence-electron chi connectivity index (χ4n) is 10.2. The molecule has 0 bridgehead atoms. The molecule has 2 saturated heterocycles. The summed E-state index contributed by atoms with van der Waals surface area (Å²) in [5.74, 6) is -0.806. The Labute approximate surface area is 419 Å². The molecular formula is C52H71F3N10O7. The Morgan fingerprint density at radius 3 is 2.26 bits per heavy atom. The van der Waals surface area contributed by atoms with Gasteiger partial charge in [-0.25, -0.2) is 9.50 Å². The molecule has 4 aromatic rings. The zero-order chi connectivity index (χ0) is 50.9. The number of nitrogens with zero attached hydrogens (tertiary/aromatic N) is 5. The third-order valence-electron chi connectivity index (χ3n) is 14.0. The van der Waals surface area contributed by atoms with Crippen LogP contribution in [0.15, 0.2) is 66.9 Å². The lowest BCUT2D eigenvalue weighted by molar-refractivity contribution is -0.274. The first kappa shape index (κ1) is 54.0. The van der Waals surface area contributed by atoms with Crippen LogP contribution in [0.2, 0.25) is 0 Å². The van der Waals surface area contributed by atoms with E-state index >= 15 is 0 Å². The standard InChI is InChI=1S/C42H59F3N10O7.C10H12/c1-47-26-38(57)51-39(29-6-3-2-4-7-29)41(59)54-27-31(23-33(54)40(46)58)50-37(56)14-18-60-20-21-61-19-17-53-15-12-28(13-16-53)24-48-35-10-11-36-49-25-34(55(36)52-35)30-8-5-9-32(22-30)62-42(43,44)45;1-2-6-10-8-4-3-7-9(10)5-1/h5,8-11,22,25,28-29,31,33,39,47H,2-4,6-7,12-21,23-24,26-27H2,1H3,(H2,46,58)(H,48,52)(H,50,56)(H,51,57);1-2,5-6H,3-4,7-8H2. The Morgan fingerprint density at radius 1 is 0.847 bits per heavy atom. The first-order valence-electron chi connectivity index (χ1n) is 25.6. The number of likely N-dealkylation sites (tertiary alicyclic amines) is 2. The molecule has 0 spiro atoms. The highest BCUT2D eigenvalue weighted by atomic mass is 19.4. The number of nitrogens with one attached hydrogen (secondary N) is 4. The van der Waals surface area contributed by atoms with Crippen molar-refractivity contribution >= 4 is 35.1 Å². The van der Waals surface area contributed by atoms with Gasteiger partial charge >= 0.3 is 6.36 Å². The third kappa shape index (κ3) is 16.1. The molecular weight excluding hydrogens is 934 g/mol. The number of aryl methyl sites for hydroxylation is 2. The van der Waals surface area contributed by atoms with E-state index in [4.69, 9.17) is 15.2 Å². The van der Waals surface area contributed by atoms with Gasteiger partial charge in [0.1, 0.15) is 23.7 Å². The number of nitrogens with two attached hydrogens (primary N) is 1. The zero-order valence-electron chi connectivity index (χ0n) is 41.3. The minimum Gasteiger partial charge on any atom is -0.406 e. The van der Waals surface area contributed by atoms with Crippen LogP contribution in [0.1, 0.15) is 81.8 Å². The number of aromatic nitrogens is 3. The highest BCUT2D eigenvalue weighted by Crippen LogP contribution is 2.31. The van der Waals surface area contributed by atoms with Crippen LogP contribution in [-0.4, -0.2) is 145 Å². The van der Waals surface area contributed by atoms with Crippen molar-refractivity contribution < 1.29 is 46.6 Å². The molecule has 4 heterocycles. The van der Waals surface area contributed by atoms with E-state index < -0.39 is 30.4 Å². The smallest absolute Gasteiger partial charge is 0.406 e. The highest BCUT2D eigenvalue weighted by Gasteiger charge is 2.43. The molecule has 2 aromatic carbocycles. The number of piperidine rings is 1. The van der Waals surface area contributed by atoms with E-state index in [2.05, 4.69) is 65.3 Å². The fraction of sp³-hybridized carbons (Fsp3) is 0.577. The molecule has 20 heteroatoms. The van der Waals surface area contributed by atoms with Gasteiger partial charge in [0, 0.05) is 37.7 Å². The van der Waals surface area contributed by atoms with Crippen LogP contribution in [0.25, 0.3) is 16.9 Å². The summed E-state index contributed by atoms with van der Waals surface area (Å²) in [5.41, 5.74) is 10.5. The number of anilines is 1. The SMILES string of the molecule is CNCC(=O)NC(C(=O)N1CC(NC(=O)CCOCCOCCN2CCC(CNc3ccc4ncc(-c5cccc(OC(F)(F)F)c5)n4n3)CC2)CC1C(N)=O)C1CCCCC1.c1ccc2c(c1)CCCC2. The average molecular weight is 1010 g/mol. The van der Waals surface area contributed by atoms with Gasteiger partial charge in [-0.15, -0.1) is 18.3 Å². The fourth-order valence-corrected chi connectivity index (χ4v) is 10.2. The maximum atomic E-state index is 13.8. The normalized spacial score (nSPS) is 19.2. The molecule has 8 rings (SSSR count). The van der Waals surface area contributed by atoms with Crippen LogP contribution >= 0.6 is 0 Å².